The lowest BCUT2D eigenvalue weighted by atomic mass is 10.0. The number of halogens is 1. The van der Waals surface area contributed by atoms with E-state index in [4.69, 9.17) is 21.1 Å². The minimum absolute atomic E-state index is 0.208. The predicted molar refractivity (Wildman–Crippen MR) is 99.8 cm³/mol. The smallest absolute Gasteiger partial charge is 0.257 e. The molecule has 8 nitrogen and oxygen atoms in total. The molecule has 2 aliphatic rings. The van der Waals surface area contributed by atoms with Gasteiger partial charge in [0.05, 0.1) is 47.0 Å². The van der Waals surface area contributed by atoms with Crippen LogP contribution in [0.2, 0.25) is 5.02 Å². The average molecular weight is 389 g/mol. The molecule has 2 aromatic rings. The normalized spacial score (nSPS) is 19.3. The van der Waals surface area contributed by atoms with Gasteiger partial charge in [-0.15, -0.1) is 0 Å². The monoisotopic (exact) mass is 388 g/mol. The van der Waals surface area contributed by atoms with Crippen molar-refractivity contribution in [3.8, 4) is 5.75 Å². The Hall–Kier alpha value is -2.84. The number of hydrogen-bond donors (Lipinski definition) is 2. The Bertz CT molecular complexity index is 953. The predicted octanol–water partition coefficient (Wildman–Crippen LogP) is 2.04. The number of carbonyl (C=O) groups excluding carboxylic acids is 2. The van der Waals surface area contributed by atoms with Crippen LogP contribution in [0.15, 0.2) is 18.3 Å². The van der Waals surface area contributed by atoms with Crippen molar-refractivity contribution in [1.29, 1.82) is 0 Å². The van der Waals surface area contributed by atoms with Crippen molar-refractivity contribution in [3.05, 3.63) is 40.2 Å². The maximum atomic E-state index is 12.7. The number of aromatic nitrogens is 2. The number of aromatic amines is 1. The average Bonchev–Trinajstić information content (AvgIpc) is 3.21. The van der Waals surface area contributed by atoms with Gasteiger partial charge >= 0.3 is 0 Å². The summed E-state index contributed by atoms with van der Waals surface area (Å²) in [5, 5.41) is 9.92. The molecule has 3 heterocycles. The van der Waals surface area contributed by atoms with E-state index >= 15 is 0 Å². The van der Waals surface area contributed by atoms with Crippen molar-refractivity contribution in [3.63, 3.8) is 0 Å². The van der Waals surface area contributed by atoms with Gasteiger partial charge in [-0.1, -0.05) is 11.6 Å². The molecule has 0 radical (unpaired) electrons. The molecule has 0 aliphatic carbocycles. The highest BCUT2D eigenvalue weighted by atomic mass is 35.5. The lowest BCUT2D eigenvalue weighted by Crippen LogP contribution is -2.30. The zero-order valence-corrected chi connectivity index (χ0v) is 15.3. The molecule has 1 aromatic carbocycles. The number of nitrogens with one attached hydrogen (secondary N) is 2. The highest BCUT2D eigenvalue weighted by Gasteiger charge is 2.27. The van der Waals surface area contributed by atoms with Gasteiger partial charge in [0, 0.05) is 19.2 Å². The van der Waals surface area contributed by atoms with Crippen LogP contribution in [-0.2, 0) is 9.53 Å². The topological polar surface area (TPSA) is 96.6 Å². The van der Waals surface area contributed by atoms with E-state index in [1.54, 1.807) is 30.2 Å². The van der Waals surface area contributed by atoms with Crippen LogP contribution in [0.3, 0.4) is 0 Å². The second-order valence-electron chi connectivity index (χ2n) is 6.23. The molecule has 2 N–H and O–H groups in total. The zero-order valence-electron chi connectivity index (χ0n) is 14.5. The first-order valence-corrected chi connectivity index (χ1v) is 8.78. The highest BCUT2D eigenvalue weighted by Crippen LogP contribution is 2.40. The molecule has 0 saturated carbocycles. The summed E-state index contributed by atoms with van der Waals surface area (Å²) in [5.74, 6) is -0.0257. The van der Waals surface area contributed by atoms with Crippen LogP contribution in [0.1, 0.15) is 21.6 Å². The molecule has 140 valence electrons. The van der Waals surface area contributed by atoms with E-state index < -0.39 is 0 Å². The first-order valence-electron chi connectivity index (χ1n) is 8.41. The third-order valence-corrected chi connectivity index (χ3v) is 4.74. The van der Waals surface area contributed by atoms with Crippen LogP contribution >= 0.6 is 11.6 Å². The summed E-state index contributed by atoms with van der Waals surface area (Å²) < 4.78 is 11.2. The summed E-state index contributed by atoms with van der Waals surface area (Å²) in [6.45, 7) is 1.45. The van der Waals surface area contributed by atoms with Crippen LogP contribution in [0.4, 0.5) is 5.69 Å². The van der Waals surface area contributed by atoms with E-state index in [0.717, 1.165) is 0 Å². The van der Waals surface area contributed by atoms with E-state index in [-0.39, 0.29) is 11.8 Å². The van der Waals surface area contributed by atoms with Gasteiger partial charge < -0.3 is 19.7 Å². The fourth-order valence-electron chi connectivity index (χ4n) is 2.99. The van der Waals surface area contributed by atoms with Crippen LogP contribution < -0.4 is 10.1 Å². The number of carbonyl (C=O) groups is 2. The molecule has 0 saturated heterocycles. The highest BCUT2D eigenvalue weighted by molar-refractivity contribution is 6.37. The molecular formula is C18H17ClN4O4. The fraction of sp³-hybridized carbons (Fsp3) is 0.278. The molecule has 4 rings (SSSR count). The van der Waals surface area contributed by atoms with Gasteiger partial charge in [0.15, 0.2) is 0 Å². The van der Waals surface area contributed by atoms with Crippen LogP contribution in [0, 0.1) is 0 Å². The molecular weight excluding hydrogens is 372 g/mol. The van der Waals surface area contributed by atoms with Crippen LogP contribution in [0.25, 0.3) is 11.6 Å². The first kappa shape index (κ1) is 17.6. The number of amides is 2. The Morgan fingerprint density at radius 1 is 1.19 bits per heavy atom. The Morgan fingerprint density at radius 3 is 2.89 bits per heavy atom. The summed E-state index contributed by atoms with van der Waals surface area (Å²) in [6, 6.07) is 3.36. The third kappa shape index (κ3) is 3.29. The molecule has 2 bridgehead atoms. The minimum Gasteiger partial charge on any atom is -0.490 e. The second-order valence-corrected chi connectivity index (χ2v) is 6.63. The number of anilines is 1. The summed E-state index contributed by atoms with van der Waals surface area (Å²) in [6.07, 6.45) is 3.07. The molecule has 9 heteroatoms. The third-order valence-electron chi connectivity index (χ3n) is 4.45. The second kappa shape index (κ2) is 7.05. The molecule has 0 unspecified atom stereocenters. The standard InChI is InChI=1S/C18H17ClN4O4/c1-23-2-3-26-4-5-27-16-7-10-11(17(24)21-14(10)8-13(16)19)6-15-12(18(23)25)9-20-22-15/h6-9H,2-5H2,1H3,(H,20,22)(H,21,24)/b11-6-. The molecule has 1 aromatic heterocycles. The maximum Gasteiger partial charge on any atom is 0.257 e. The summed E-state index contributed by atoms with van der Waals surface area (Å²) in [7, 11) is 1.69. The van der Waals surface area contributed by atoms with Gasteiger partial charge in [-0.2, -0.15) is 5.10 Å². The number of hydrogen-bond acceptors (Lipinski definition) is 5. The summed E-state index contributed by atoms with van der Waals surface area (Å²) in [4.78, 5) is 26.7. The van der Waals surface area contributed by atoms with E-state index in [0.29, 0.717) is 65.2 Å². The van der Waals surface area contributed by atoms with Crippen LogP contribution in [0.5, 0.6) is 5.75 Å². The van der Waals surface area contributed by atoms with Crippen molar-refractivity contribution in [1.82, 2.24) is 15.1 Å². The van der Waals surface area contributed by atoms with Crippen molar-refractivity contribution in [2.24, 2.45) is 0 Å². The van der Waals surface area contributed by atoms with Crippen molar-refractivity contribution < 1.29 is 19.1 Å². The Kier molecular flexibility index (Phi) is 4.59. The van der Waals surface area contributed by atoms with Crippen molar-refractivity contribution in [2.75, 3.05) is 38.7 Å². The first-order chi connectivity index (χ1) is 13.0. The molecule has 27 heavy (non-hydrogen) atoms. The number of ether oxygens (including phenoxy) is 2. The van der Waals surface area contributed by atoms with Gasteiger partial charge in [0.25, 0.3) is 11.8 Å². The largest absolute Gasteiger partial charge is 0.490 e. The Morgan fingerprint density at radius 2 is 2.04 bits per heavy atom. The number of benzene rings is 1. The molecule has 0 spiro atoms. The summed E-state index contributed by atoms with van der Waals surface area (Å²) in [5.41, 5.74) is 2.48. The van der Waals surface area contributed by atoms with Gasteiger partial charge in [0.1, 0.15) is 12.4 Å². The number of fused-ring (bicyclic) bond motifs is 2. The Labute approximate surface area is 160 Å². The SMILES string of the molecule is CN1CCOCCOc2cc3c(cc2Cl)NC(=O)/C3=C\c2[nH]ncc2C1=O. The van der Waals surface area contributed by atoms with Gasteiger partial charge in [-0.25, -0.2) is 0 Å². The molecule has 0 fully saturated rings. The quantitative estimate of drug-likeness (QED) is 0.719. The molecule has 0 atom stereocenters. The van der Waals surface area contributed by atoms with Gasteiger partial charge in [0.2, 0.25) is 0 Å². The lowest BCUT2D eigenvalue weighted by Gasteiger charge is -2.17. The molecule has 2 amide bonds. The molecule has 2 aliphatic heterocycles. The minimum atomic E-state index is -0.285. The van der Waals surface area contributed by atoms with Gasteiger partial charge in [-0.3, -0.25) is 14.7 Å². The zero-order chi connectivity index (χ0) is 19.0. The number of likely N-dealkylation sites (N-methyl/N-ethyl adjacent to an activating group) is 1. The lowest BCUT2D eigenvalue weighted by molar-refractivity contribution is -0.110. The maximum absolute atomic E-state index is 12.7. The van der Waals surface area contributed by atoms with Crippen LogP contribution in [-0.4, -0.2) is 60.3 Å². The number of nitrogens with zero attached hydrogens (tertiary/aromatic N) is 2. The van der Waals surface area contributed by atoms with Crippen molar-refractivity contribution >= 4 is 40.8 Å². The number of rotatable bonds is 0. The van der Waals surface area contributed by atoms with E-state index in [1.807, 2.05) is 0 Å². The van der Waals surface area contributed by atoms with E-state index in [2.05, 4.69) is 15.5 Å². The van der Waals surface area contributed by atoms with E-state index in [9.17, 15) is 9.59 Å². The van der Waals surface area contributed by atoms with Crippen molar-refractivity contribution in [2.45, 2.75) is 0 Å². The number of H-pyrrole nitrogens is 1. The summed E-state index contributed by atoms with van der Waals surface area (Å²) >= 11 is 6.26. The fourth-order valence-corrected chi connectivity index (χ4v) is 3.21. The van der Waals surface area contributed by atoms with Gasteiger partial charge in [-0.05, 0) is 18.2 Å². The Balaban J connectivity index is 1.82. The van der Waals surface area contributed by atoms with E-state index in [1.165, 1.54) is 6.20 Å².